The number of halogens is 2. The van der Waals surface area contributed by atoms with Gasteiger partial charge in [0.15, 0.2) is 5.79 Å². The third kappa shape index (κ3) is 7.36. The van der Waals surface area contributed by atoms with Crippen LogP contribution in [0.3, 0.4) is 0 Å². The normalized spacial score (nSPS) is 19.9. The first-order valence-corrected chi connectivity index (χ1v) is 17.6. The van der Waals surface area contributed by atoms with Gasteiger partial charge in [0.05, 0.1) is 24.5 Å². The number of ether oxygens (including phenoxy) is 3. The quantitative estimate of drug-likeness (QED) is 0.156. The molecule has 0 aliphatic carbocycles. The molecular formula is C37H39Cl2N7O4. The van der Waals surface area contributed by atoms with Crippen molar-refractivity contribution < 1.29 is 14.2 Å². The first kappa shape index (κ1) is 34.0. The minimum atomic E-state index is -1.09. The highest BCUT2D eigenvalue weighted by Crippen LogP contribution is 2.40. The zero-order chi connectivity index (χ0) is 34.7. The molecule has 0 radical (unpaired) electrons. The van der Waals surface area contributed by atoms with E-state index in [9.17, 15) is 4.79 Å². The monoisotopic (exact) mass is 715 g/mol. The Morgan fingerprint density at radius 3 is 2.16 bits per heavy atom. The van der Waals surface area contributed by atoms with Crippen LogP contribution in [0.15, 0.2) is 96.3 Å². The molecule has 0 N–H and O–H groups in total. The van der Waals surface area contributed by atoms with Crippen molar-refractivity contribution in [3.8, 4) is 11.4 Å². The SMILES string of the molecule is CCC(C)n1ncn(-c2ccc(N3CCN(c4ccc(OC[C@@H]5CO[C@@](Cc6ccnnc6)(c6cc(Cl)cc(Cl)c6)O5)cc4)CC3)cc2)c1=O. The second kappa shape index (κ2) is 14.8. The average molecular weight is 717 g/mol. The van der Waals surface area contributed by atoms with E-state index in [1.807, 2.05) is 56.3 Å². The summed E-state index contributed by atoms with van der Waals surface area (Å²) in [7, 11) is 0. The smallest absolute Gasteiger partial charge is 0.350 e. The van der Waals surface area contributed by atoms with Gasteiger partial charge >= 0.3 is 5.69 Å². The molecule has 0 spiro atoms. The molecule has 0 saturated carbocycles. The maximum atomic E-state index is 12.8. The van der Waals surface area contributed by atoms with Gasteiger partial charge in [-0.1, -0.05) is 30.1 Å². The van der Waals surface area contributed by atoms with Crippen molar-refractivity contribution in [2.24, 2.45) is 0 Å². The summed E-state index contributed by atoms with van der Waals surface area (Å²) in [5.74, 6) is -0.331. The number of hydrogen-bond acceptors (Lipinski definition) is 9. The standard InChI is InChI=1S/C37H39Cl2N7O4/c1-3-26(2)46-36(47)45(25-42-46)33-6-4-31(5-7-33)43-14-16-44(17-15-43)32-8-10-34(11-9-32)48-23-35-24-49-37(50-35,21-27-12-13-40-41-22-27)28-18-29(38)20-30(39)19-28/h4-13,18-20,22,25-26,35H,3,14-17,21,23-24H2,1-2H3/t26?,35-,37-/m1/s1. The molecule has 2 aliphatic heterocycles. The number of nitrogens with zero attached hydrogens (tertiary/aromatic N) is 7. The average Bonchev–Trinajstić information content (AvgIpc) is 3.74. The third-order valence-electron chi connectivity index (χ3n) is 9.36. The predicted molar refractivity (Wildman–Crippen MR) is 194 cm³/mol. The molecule has 5 aromatic rings. The molecule has 7 rings (SSSR count). The van der Waals surface area contributed by atoms with Crippen molar-refractivity contribution in [1.82, 2.24) is 24.5 Å². The Labute approximate surface area is 300 Å². The summed E-state index contributed by atoms with van der Waals surface area (Å²) in [6, 6.07) is 23.6. The van der Waals surface area contributed by atoms with Crippen LogP contribution < -0.4 is 20.2 Å². The van der Waals surface area contributed by atoms with Gasteiger partial charge in [-0.15, -0.1) is 0 Å². The fourth-order valence-electron chi connectivity index (χ4n) is 6.42. The molecule has 11 nitrogen and oxygen atoms in total. The van der Waals surface area contributed by atoms with Crippen LogP contribution in [0.25, 0.3) is 5.69 Å². The molecule has 2 aliphatic rings. The van der Waals surface area contributed by atoms with Gasteiger partial charge in [0.2, 0.25) is 0 Å². The number of hydrogen-bond donors (Lipinski definition) is 0. The van der Waals surface area contributed by atoms with Crippen molar-refractivity contribution in [2.75, 3.05) is 49.2 Å². The minimum absolute atomic E-state index is 0.0644. The van der Waals surface area contributed by atoms with Crippen LogP contribution in [-0.4, -0.2) is 70.0 Å². The van der Waals surface area contributed by atoms with Crippen LogP contribution in [0.1, 0.15) is 37.4 Å². The fraction of sp³-hybridized carbons (Fsp3) is 0.351. The van der Waals surface area contributed by atoms with Crippen molar-refractivity contribution in [3.63, 3.8) is 0 Å². The van der Waals surface area contributed by atoms with E-state index >= 15 is 0 Å². The first-order chi connectivity index (χ1) is 24.3. The van der Waals surface area contributed by atoms with Gasteiger partial charge < -0.3 is 24.0 Å². The van der Waals surface area contributed by atoms with Crippen LogP contribution in [0.2, 0.25) is 10.0 Å². The van der Waals surface area contributed by atoms with Crippen LogP contribution in [0, 0.1) is 0 Å². The van der Waals surface area contributed by atoms with Crippen molar-refractivity contribution in [3.05, 3.63) is 123 Å². The first-order valence-electron chi connectivity index (χ1n) is 16.8. The summed E-state index contributed by atoms with van der Waals surface area (Å²) >= 11 is 12.7. The molecule has 2 fully saturated rings. The number of aromatic nitrogens is 5. The largest absolute Gasteiger partial charge is 0.491 e. The second-order valence-electron chi connectivity index (χ2n) is 12.7. The Balaban J connectivity index is 0.930. The lowest BCUT2D eigenvalue weighted by Crippen LogP contribution is -2.46. The summed E-state index contributed by atoms with van der Waals surface area (Å²) in [5, 5.41) is 13.2. The highest BCUT2D eigenvalue weighted by Gasteiger charge is 2.44. The Hall–Kier alpha value is -4.42. The van der Waals surface area contributed by atoms with Crippen LogP contribution in [-0.2, 0) is 21.7 Å². The number of benzene rings is 3. The van der Waals surface area contributed by atoms with E-state index in [0.717, 1.165) is 66.5 Å². The van der Waals surface area contributed by atoms with Crippen LogP contribution >= 0.6 is 23.2 Å². The van der Waals surface area contributed by atoms with E-state index in [-0.39, 0.29) is 17.8 Å². The van der Waals surface area contributed by atoms with Gasteiger partial charge in [0.1, 0.15) is 24.8 Å². The highest BCUT2D eigenvalue weighted by molar-refractivity contribution is 6.34. The maximum Gasteiger partial charge on any atom is 0.350 e. The van der Waals surface area contributed by atoms with E-state index in [4.69, 9.17) is 37.4 Å². The molecule has 4 heterocycles. The highest BCUT2D eigenvalue weighted by atomic mass is 35.5. The molecular weight excluding hydrogens is 677 g/mol. The summed E-state index contributed by atoms with van der Waals surface area (Å²) in [6.07, 6.45) is 5.88. The molecule has 3 aromatic carbocycles. The van der Waals surface area contributed by atoms with E-state index in [1.54, 1.807) is 34.0 Å². The molecule has 13 heteroatoms. The predicted octanol–water partition coefficient (Wildman–Crippen LogP) is 6.32. The Morgan fingerprint density at radius 2 is 1.54 bits per heavy atom. The molecule has 3 atom stereocenters. The number of rotatable bonds is 11. The van der Waals surface area contributed by atoms with Crippen molar-refractivity contribution in [2.45, 2.75) is 44.6 Å². The number of anilines is 2. The van der Waals surface area contributed by atoms with E-state index < -0.39 is 5.79 Å². The van der Waals surface area contributed by atoms with Crippen molar-refractivity contribution in [1.29, 1.82) is 0 Å². The lowest BCUT2D eigenvalue weighted by atomic mass is 9.98. The van der Waals surface area contributed by atoms with Gasteiger partial charge in [0, 0.05) is 65.8 Å². The van der Waals surface area contributed by atoms with Gasteiger partial charge in [-0.3, -0.25) is 0 Å². The molecule has 0 amide bonds. The maximum absolute atomic E-state index is 12.8. The Morgan fingerprint density at radius 1 is 0.900 bits per heavy atom. The molecule has 260 valence electrons. The van der Waals surface area contributed by atoms with E-state index in [1.165, 1.54) is 0 Å². The van der Waals surface area contributed by atoms with E-state index in [0.29, 0.717) is 29.7 Å². The minimum Gasteiger partial charge on any atom is -0.491 e. The summed E-state index contributed by atoms with van der Waals surface area (Å²) in [6.45, 7) is 8.26. The summed E-state index contributed by atoms with van der Waals surface area (Å²) in [4.78, 5) is 17.6. The van der Waals surface area contributed by atoms with Gasteiger partial charge in [-0.05, 0) is 91.7 Å². The van der Waals surface area contributed by atoms with E-state index in [2.05, 4.69) is 49.4 Å². The van der Waals surface area contributed by atoms with Gasteiger partial charge in [0.25, 0.3) is 0 Å². The lowest BCUT2D eigenvalue weighted by Gasteiger charge is -2.37. The number of piperazine rings is 1. The topological polar surface area (TPSA) is 99.8 Å². The molecule has 2 aromatic heterocycles. The Bertz CT molecular complexity index is 1930. The lowest BCUT2D eigenvalue weighted by molar-refractivity contribution is -0.178. The fourth-order valence-corrected chi connectivity index (χ4v) is 6.94. The molecule has 1 unspecified atom stereocenters. The van der Waals surface area contributed by atoms with Crippen molar-refractivity contribution >= 4 is 34.6 Å². The zero-order valence-corrected chi connectivity index (χ0v) is 29.5. The molecule has 0 bridgehead atoms. The summed E-state index contributed by atoms with van der Waals surface area (Å²) < 4.78 is 22.2. The zero-order valence-electron chi connectivity index (χ0n) is 28.0. The van der Waals surface area contributed by atoms with Gasteiger partial charge in [-0.2, -0.15) is 15.3 Å². The van der Waals surface area contributed by atoms with Crippen LogP contribution in [0.5, 0.6) is 5.75 Å². The Kier molecular flexibility index (Phi) is 10.1. The summed E-state index contributed by atoms with van der Waals surface area (Å²) in [5.41, 5.74) is 4.62. The van der Waals surface area contributed by atoms with Gasteiger partial charge in [-0.25, -0.2) is 14.0 Å². The molecule has 50 heavy (non-hydrogen) atoms. The third-order valence-corrected chi connectivity index (χ3v) is 9.79. The molecule has 2 saturated heterocycles. The second-order valence-corrected chi connectivity index (χ2v) is 13.5. The van der Waals surface area contributed by atoms with Crippen LogP contribution in [0.4, 0.5) is 11.4 Å².